The molecule has 3 rings (SSSR count). The molecule has 1 saturated heterocycles. The second-order valence-electron chi connectivity index (χ2n) is 5.79. The van der Waals surface area contributed by atoms with E-state index in [0.717, 1.165) is 0 Å². The smallest absolute Gasteiger partial charge is 0.269 e. The second-order valence-corrected chi connectivity index (χ2v) is 5.79. The monoisotopic (exact) mass is 353 g/mol. The number of rotatable bonds is 5. The minimum atomic E-state index is -0.476. The van der Waals surface area contributed by atoms with E-state index >= 15 is 0 Å². The number of amides is 1. The number of ether oxygens (including phenoxy) is 1. The van der Waals surface area contributed by atoms with Crippen LogP contribution in [0.25, 0.3) is 0 Å². The Balaban J connectivity index is 1.57. The Kier molecular flexibility index (Phi) is 5.03. The molecule has 9 heteroatoms. The highest BCUT2D eigenvalue weighted by atomic mass is 16.6. The van der Waals surface area contributed by atoms with Crippen molar-refractivity contribution in [1.29, 1.82) is 5.26 Å². The maximum atomic E-state index is 12.4. The van der Waals surface area contributed by atoms with Crippen LogP contribution in [0.2, 0.25) is 0 Å². The molecule has 0 spiro atoms. The SMILES string of the molecule is N#Cc1nccnc1OC1CCN(C(=O)Cc2ccc([N+](=O)[O-])cc2)C1. The number of carbonyl (C=O) groups is 1. The Hall–Kier alpha value is -3.54. The van der Waals surface area contributed by atoms with Gasteiger partial charge < -0.3 is 9.64 Å². The quantitative estimate of drug-likeness (QED) is 0.589. The zero-order chi connectivity index (χ0) is 18.5. The van der Waals surface area contributed by atoms with Gasteiger partial charge in [-0.05, 0) is 5.56 Å². The Morgan fingerprint density at radius 2 is 2.08 bits per heavy atom. The maximum absolute atomic E-state index is 12.4. The van der Waals surface area contributed by atoms with E-state index < -0.39 is 4.92 Å². The third-order valence-corrected chi connectivity index (χ3v) is 4.05. The third kappa shape index (κ3) is 3.92. The number of nitro benzene ring substituents is 1. The number of hydrogen-bond acceptors (Lipinski definition) is 7. The average Bonchev–Trinajstić information content (AvgIpc) is 3.11. The molecule has 132 valence electrons. The van der Waals surface area contributed by atoms with Crippen LogP contribution in [0.3, 0.4) is 0 Å². The van der Waals surface area contributed by atoms with E-state index in [0.29, 0.717) is 25.1 Å². The van der Waals surface area contributed by atoms with Crippen molar-refractivity contribution >= 4 is 11.6 Å². The Labute approximate surface area is 149 Å². The van der Waals surface area contributed by atoms with Crippen molar-refractivity contribution in [2.75, 3.05) is 13.1 Å². The molecule has 0 N–H and O–H groups in total. The summed E-state index contributed by atoms with van der Waals surface area (Å²) < 4.78 is 5.71. The minimum Gasteiger partial charge on any atom is -0.470 e. The van der Waals surface area contributed by atoms with Crippen LogP contribution in [-0.2, 0) is 11.2 Å². The van der Waals surface area contributed by atoms with Crippen LogP contribution < -0.4 is 4.74 Å². The van der Waals surface area contributed by atoms with Gasteiger partial charge in [-0.15, -0.1) is 0 Å². The van der Waals surface area contributed by atoms with E-state index in [9.17, 15) is 14.9 Å². The molecule has 1 aromatic heterocycles. The number of aromatic nitrogens is 2. The summed E-state index contributed by atoms with van der Waals surface area (Å²) in [6.45, 7) is 0.936. The molecule has 0 aliphatic carbocycles. The summed E-state index contributed by atoms with van der Waals surface area (Å²) >= 11 is 0. The normalized spacial score (nSPS) is 16.1. The Bertz CT molecular complexity index is 862. The van der Waals surface area contributed by atoms with Gasteiger partial charge in [-0.2, -0.15) is 5.26 Å². The number of carbonyl (C=O) groups excluding carboxylic acids is 1. The Morgan fingerprint density at radius 3 is 2.77 bits per heavy atom. The molecule has 1 fully saturated rings. The highest BCUT2D eigenvalue weighted by Gasteiger charge is 2.28. The highest BCUT2D eigenvalue weighted by Crippen LogP contribution is 2.20. The molecular formula is C17H15N5O4. The number of likely N-dealkylation sites (tertiary alicyclic amines) is 1. The molecule has 2 aromatic rings. The summed E-state index contributed by atoms with van der Waals surface area (Å²) in [6.07, 6.45) is 3.41. The predicted molar refractivity (Wildman–Crippen MR) is 89.2 cm³/mol. The van der Waals surface area contributed by atoms with Crippen LogP contribution in [0.1, 0.15) is 17.7 Å². The second kappa shape index (κ2) is 7.57. The van der Waals surface area contributed by atoms with Crippen LogP contribution in [0.4, 0.5) is 5.69 Å². The molecule has 1 aliphatic rings. The van der Waals surface area contributed by atoms with Crippen molar-refractivity contribution in [1.82, 2.24) is 14.9 Å². The van der Waals surface area contributed by atoms with Crippen LogP contribution in [0.5, 0.6) is 5.88 Å². The van der Waals surface area contributed by atoms with Crippen molar-refractivity contribution in [3.8, 4) is 11.9 Å². The molecule has 0 bridgehead atoms. The van der Waals surface area contributed by atoms with Gasteiger partial charge in [0.2, 0.25) is 11.6 Å². The topological polar surface area (TPSA) is 122 Å². The van der Waals surface area contributed by atoms with Crippen LogP contribution in [0, 0.1) is 21.4 Å². The van der Waals surface area contributed by atoms with Gasteiger partial charge in [0, 0.05) is 37.5 Å². The van der Waals surface area contributed by atoms with E-state index in [2.05, 4.69) is 9.97 Å². The maximum Gasteiger partial charge on any atom is 0.269 e. The lowest BCUT2D eigenvalue weighted by Gasteiger charge is -2.17. The van der Waals surface area contributed by atoms with Gasteiger partial charge in [0.1, 0.15) is 12.2 Å². The van der Waals surface area contributed by atoms with Gasteiger partial charge >= 0.3 is 0 Å². The van der Waals surface area contributed by atoms with Crippen molar-refractivity contribution in [3.05, 3.63) is 58.0 Å². The first kappa shape index (κ1) is 17.3. The van der Waals surface area contributed by atoms with Gasteiger partial charge in [-0.1, -0.05) is 12.1 Å². The Morgan fingerprint density at radius 1 is 1.35 bits per heavy atom. The molecule has 1 aliphatic heterocycles. The van der Waals surface area contributed by atoms with Gasteiger partial charge in [-0.25, -0.2) is 9.97 Å². The fraction of sp³-hybridized carbons (Fsp3) is 0.294. The molecule has 1 amide bonds. The van der Waals surface area contributed by atoms with E-state index in [1.807, 2.05) is 6.07 Å². The fourth-order valence-corrected chi connectivity index (χ4v) is 2.72. The van der Waals surface area contributed by atoms with Crippen LogP contribution in [0.15, 0.2) is 36.7 Å². The summed E-state index contributed by atoms with van der Waals surface area (Å²) in [5.41, 5.74) is 0.821. The number of non-ortho nitro benzene ring substituents is 1. The number of benzene rings is 1. The molecule has 9 nitrogen and oxygen atoms in total. The number of nitro groups is 1. The molecule has 1 atom stereocenters. The van der Waals surface area contributed by atoms with E-state index in [4.69, 9.17) is 10.00 Å². The van der Waals surface area contributed by atoms with Crippen molar-refractivity contribution in [3.63, 3.8) is 0 Å². The zero-order valence-electron chi connectivity index (χ0n) is 13.7. The molecular weight excluding hydrogens is 338 g/mol. The van der Waals surface area contributed by atoms with Crippen molar-refractivity contribution in [2.45, 2.75) is 18.9 Å². The first-order chi connectivity index (χ1) is 12.6. The lowest BCUT2D eigenvalue weighted by Crippen LogP contribution is -2.32. The minimum absolute atomic E-state index is 0.00639. The lowest BCUT2D eigenvalue weighted by molar-refractivity contribution is -0.384. The summed E-state index contributed by atoms with van der Waals surface area (Å²) in [5.74, 6) is 0.0919. The molecule has 0 saturated carbocycles. The zero-order valence-corrected chi connectivity index (χ0v) is 13.7. The molecule has 1 aromatic carbocycles. The van der Waals surface area contributed by atoms with Gasteiger partial charge in [0.15, 0.2) is 0 Å². The number of hydrogen-bond donors (Lipinski definition) is 0. The van der Waals surface area contributed by atoms with Gasteiger partial charge in [-0.3, -0.25) is 14.9 Å². The summed E-state index contributed by atoms with van der Waals surface area (Å²) in [4.78, 5) is 32.2. The van der Waals surface area contributed by atoms with Crippen molar-refractivity contribution in [2.24, 2.45) is 0 Å². The summed E-state index contributed by atoms with van der Waals surface area (Å²) in [5, 5.41) is 19.7. The number of nitriles is 1. The van der Waals surface area contributed by atoms with Crippen molar-refractivity contribution < 1.29 is 14.5 Å². The first-order valence-electron chi connectivity index (χ1n) is 7.95. The molecule has 1 unspecified atom stereocenters. The van der Waals surface area contributed by atoms with Crippen LogP contribution in [-0.4, -0.2) is 44.9 Å². The molecule has 0 radical (unpaired) electrons. The standard InChI is InChI=1S/C17H15N5O4/c18-10-15-17(20-7-6-19-15)26-14-5-8-21(11-14)16(23)9-12-1-3-13(4-2-12)22(24)25/h1-4,6-7,14H,5,8-9,11H2. The lowest BCUT2D eigenvalue weighted by atomic mass is 10.1. The fourth-order valence-electron chi connectivity index (χ4n) is 2.72. The predicted octanol–water partition coefficient (Wildman–Crippen LogP) is 1.48. The van der Waals surface area contributed by atoms with Gasteiger partial charge in [0.05, 0.1) is 17.9 Å². The van der Waals surface area contributed by atoms with E-state index in [-0.39, 0.29) is 35.7 Å². The average molecular weight is 353 g/mol. The van der Waals surface area contributed by atoms with E-state index in [1.165, 1.54) is 24.5 Å². The highest BCUT2D eigenvalue weighted by molar-refractivity contribution is 5.79. The summed E-state index contributed by atoms with van der Waals surface area (Å²) in [7, 11) is 0. The third-order valence-electron chi connectivity index (χ3n) is 4.05. The largest absolute Gasteiger partial charge is 0.470 e. The first-order valence-corrected chi connectivity index (χ1v) is 7.95. The van der Waals surface area contributed by atoms with Crippen LogP contribution >= 0.6 is 0 Å². The van der Waals surface area contributed by atoms with E-state index in [1.54, 1.807) is 17.0 Å². The van der Waals surface area contributed by atoms with Gasteiger partial charge in [0.25, 0.3) is 11.6 Å². The molecule has 2 heterocycles. The summed E-state index contributed by atoms with van der Waals surface area (Å²) in [6, 6.07) is 7.86. The number of nitrogens with zero attached hydrogens (tertiary/aromatic N) is 5. The molecule has 26 heavy (non-hydrogen) atoms.